The van der Waals surface area contributed by atoms with Crippen LogP contribution in [0.2, 0.25) is 0 Å². The van der Waals surface area contributed by atoms with Crippen LogP contribution in [0.15, 0.2) is 30.6 Å². The predicted octanol–water partition coefficient (Wildman–Crippen LogP) is 1.25. The molecule has 1 aromatic heterocycles. The summed E-state index contributed by atoms with van der Waals surface area (Å²) >= 11 is 0. The lowest BCUT2D eigenvalue weighted by molar-refractivity contribution is 0.102. The number of nitrogen functional groups attached to an aromatic ring is 1. The Bertz CT molecular complexity index is 522. The molecule has 1 amide bonds. The second-order valence-electron chi connectivity index (χ2n) is 3.35. The Labute approximate surface area is 97.8 Å². The van der Waals surface area contributed by atoms with Crippen molar-refractivity contribution < 1.29 is 9.53 Å². The molecule has 0 saturated heterocycles. The Morgan fingerprint density at radius 3 is 3.00 bits per heavy atom. The maximum absolute atomic E-state index is 11.8. The molecule has 1 heterocycles. The summed E-state index contributed by atoms with van der Waals surface area (Å²) in [5.41, 5.74) is 6.60. The van der Waals surface area contributed by atoms with Crippen molar-refractivity contribution in [1.82, 2.24) is 9.97 Å². The molecule has 0 radical (unpaired) electrons. The maximum Gasteiger partial charge on any atom is 0.258 e. The molecule has 0 aliphatic heterocycles. The van der Waals surface area contributed by atoms with Gasteiger partial charge in [-0.25, -0.2) is 4.98 Å². The molecular weight excluding hydrogens is 220 g/mol. The number of benzene rings is 1. The molecule has 0 spiro atoms. The summed E-state index contributed by atoms with van der Waals surface area (Å²) in [5.74, 6) is 0.584. The minimum Gasteiger partial charge on any atom is -0.495 e. The molecule has 2 rings (SSSR count). The molecule has 0 fully saturated rings. The van der Waals surface area contributed by atoms with E-state index in [9.17, 15) is 4.79 Å². The van der Waals surface area contributed by atoms with Gasteiger partial charge in [0.25, 0.3) is 5.91 Å². The number of nitrogens with one attached hydrogen (secondary N) is 2. The number of anilines is 2. The van der Waals surface area contributed by atoms with Gasteiger partial charge in [-0.05, 0) is 18.2 Å². The number of carbonyl (C=O) groups excluding carboxylic acids is 1. The predicted molar refractivity (Wildman–Crippen MR) is 63.9 cm³/mol. The number of carbonyl (C=O) groups is 1. The van der Waals surface area contributed by atoms with Crippen molar-refractivity contribution in [3.63, 3.8) is 0 Å². The molecule has 0 bridgehead atoms. The number of methoxy groups -OCH3 is 1. The van der Waals surface area contributed by atoms with E-state index in [0.717, 1.165) is 0 Å². The quantitative estimate of drug-likeness (QED) is 0.694. The minimum atomic E-state index is -0.279. The molecule has 2 aromatic rings. The number of nitrogens with zero attached hydrogens (tertiary/aromatic N) is 1. The number of hydrogen-bond acceptors (Lipinski definition) is 4. The van der Waals surface area contributed by atoms with Gasteiger partial charge in [0.2, 0.25) is 5.95 Å². The smallest absolute Gasteiger partial charge is 0.258 e. The highest BCUT2D eigenvalue weighted by Gasteiger charge is 2.09. The lowest BCUT2D eigenvalue weighted by Gasteiger charge is -2.07. The summed E-state index contributed by atoms with van der Waals surface area (Å²) in [7, 11) is 1.50. The van der Waals surface area contributed by atoms with Crippen LogP contribution in [0, 0.1) is 0 Å². The van der Waals surface area contributed by atoms with E-state index in [1.807, 2.05) is 0 Å². The van der Waals surface area contributed by atoms with Gasteiger partial charge in [-0.2, -0.15) is 0 Å². The zero-order chi connectivity index (χ0) is 12.3. The molecule has 0 unspecified atom stereocenters. The Morgan fingerprint density at radius 1 is 1.53 bits per heavy atom. The zero-order valence-electron chi connectivity index (χ0n) is 9.23. The van der Waals surface area contributed by atoms with Crippen LogP contribution in [0.1, 0.15) is 10.4 Å². The first kappa shape index (κ1) is 11.0. The van der Waals surface area contributed by atoms with E-state index in [4.69, 9.17) is 10.5 Å². The first-order valence-corrected chi connectivity index (χ1v) is 4.95. The molecule has 0 atom stereocenters. The van der Waals surface area contributed by atoms with E-state index in [0.29, 0.717) is 22.9 Å². The van der Waals surface area contributed by atoms with Gasteiger partial charge in [-0.15, -0.1) is 0 Å². The number of amides is 1. The van der Waals surface area contributed by atoms with Crippen molar-refractivity contribution in [2.75, 3.05) is 18.2 Å². The largest absolute Gasteiger partial charge is 0.495 e. The number of aromatic nitrogens is 2. The topological polar surface area (TPSA) is 93.0 Å². The van der Waals surface area contributed by atoms with Gasteiger partial charge in [-0.3, -0.25) is 10.1 Å². The van der Waals surface area contributed by atoms with Crippen LogP contribution in [0.25, 0.3) is 0 Å². The number of hydrogen-bond donors (Lipinski definition) is 3. The number of rotatable bonds is 3. The normalized spacial score (nSPS) is 9.94. The highest BCUT2D eigenvalue weighted by molar-refractivity contribution is 6.03. The summed E-state index contributed by atoms with van der Waals surface area (Å²) in [5, 5.41) is 2.61. The van der Waals surface area contributed by atoms with Crippen LogP contribution in [-0.2, 0) is 0 Å². The highest BCUT2D eigenvalue weighted by atomic mass is 16.5. The van der Waals surface area contributed by atoms with Crippen LogP contribution in [0.4, 0.5) is 11.6 Å². The van der Waals surface area contributed by atoms with Gasteiger partial charge in [0.15, 0.2) is 0 Å². The Hall–Kier alpha value is -2.50. The third-order valence-electron chi connectivity index (χ3n) is 2.23. The van der Waals surface area contributed by atoms with Crippen molar-refractivity contribution in [3.05, 3.63) is 36.2 Å². The highest BCUT2D eigenvalue weighted by Crippen LogP contribution is 2.22. The summed E-state index contributed by atoms with van der Waals surface area (Å²) in [6.45, 7) is 0. The fraction of sp³-hybridized carbons (Fsp3) is 0.0909. The number of ether oxygens (including phenoxy) is 1. The third kappa shape index (κ3) is 2.36. The Balaban J connectivity index is 2.19. The Morgan fingerprint density at radius 2 is 2.35 bits per heavy atom. The average Bonchev–Trinajstić information content (AvgIpc) is 2.82. The first-order chi connectivity index (χ1) is 8.20. The van der Waals surface area contributed by atoms with Crippen LogP contribution in [-0.4, -0.2) is 23.0 Å². The van der Waals surface area contributed by atoms with Gasteiger partial charge >= 0.3 is 0 Å². The zero-order valence-corrected chi connectivity index (χ0v) is 9.23. The van der Waals surface area contributed by atoms with E-state index in [2.05, 4.69) is 15.3 Å². The molecule has 0 aliphatic rings. The monoisotopic (exact) mass is 232 g/mol. The number of aromatic amines is 1. The van der Waals surface area contributed by atoms with Crippen molar-refractivity contribution in [1.29, 1.82) is 0 Å². The molecule has 0 saturated carbocycles. The third-order valence-corrected chi connectivity index (χ3v) is 2.23. The van der Waals surface area contributed by atoms with Gasteiger partial charge in [0.05, 0.1) is 12.8 Å². The molecular formula is C11H12N4O2. The van der Waals surface area contributed by atoms with Gasteiger partial charge in [0, 0.05) is 18.0 Å². The lowest BCUT2D eigenvalue weighted by Crippen LogP contribution is -2.13. The van der Waals surface area contributed by atoms with E-state index in [-0.39, 0.29) is 5.91 Å². The van der Waals surface area contributed by atoms with E-state index >= 15 is 0 Å². The lowest BCUT2D eigenvalue weighted by atomic mass is 10.2. The van der Waals surface area contributed by atoms with Crippen molar-refractivity contribution in [2.45, 2.75) is 0 Å². The fourth-order valence-electron chi connectivity index (χ4n) is 1.37. The minimum absolute atomic E-state index is 0.279. The van der Waals surface area contributed by atoms with Crippen molar-refractivity contribution >= 4 is 17.5 Å². The number of nitrogens with two attached hydrogens (primary N) is 1. The molecule has 6 heteroatoms. The standard InChI is InChI=1S/C11H12N4O2/c1-17-9-6-7(2-3-8(9)12)10(16)15-11-13-4-5-14-11/h2-6H,12H2,1H3,(H2,13,14,15,16). The van der Waals surface area contributed by atoms with Gasteiger partial charge in [0.1, 0.15) is 5.75 Å². The number of H-pyrrole nitrogens is 1. The summed E-state index contributed by atoms with van der Waals surface area (Å²) in [6.07, 6.45) is 3.18. The molecule has 4 N–H and O–H groups in total. The maximum atomic E-state index is 11.8. The Kier molecular flexibility index (Phi) is 2.95. The summed E-state index contributed by atoms with van der Waals surface area (Å²) in [4.78, 5) is 18.5. The summed E-state index contributed by atoms with van der Waals surface area (Å²) < 4.78 is 5.04. The molecule has 17 heavy (non-hydrogen) atoms. The molecule has 6 nitrogen and oxygen atoms in total. The van der Waals surface area contributed by atoms with Crippen LogP contribution in [0.3, 0.4) is 0 Å². The van der Waals surface area contributed by atoms with Crippen molar-refractivity contribution in [2.24, 2.45) is 0 Å². The second-order valence-corrected chi connectivity index (χ2v) is 3.35. The first-order valence-electron chi connectivity index (χ1n) is 4.95. The molecule has 88 valence electrons. The second kappa shape index (κ2) is 4.56. The molecule has 0 aliphatic carbocycles. The van der Waals surface area contributed by atoms with Crippen molar-refractivity contribution in [3.8, 4) is 5.75 Å². The van der Waals surface area contributed by atoms with Gasteiger partial charge in [-0.1, -0.05) is 0 Å². The van der Waals surface area contributed by atoms with E-state index in [1.165, 1.54) is 7.11 Å². The SMILES string of the molecule is COc1cc(C(=O)Nc2ncc[nH]2)ccc1N. The van der Waals surface area contributed by atoms with Crippen LogP contribution >= 0.6 is 0 Å². The molecule has 1 aromatic carbocycles. The number of imidazole rings is 1. The van der Waals surface area contributed by atoms with E-state index in [1.54, 1.807) is 30.6 Å². The summed E-state index contributed by atoms with van der Waals surface area (Å²) in [6, 6.07) is 4.82. The average molecular weight is 232 g/mol. The fourth-order valence-corrected chi connectivity index (χ4v) is 1.37. The van der Waals surface area contributed by atoms with Crippen LogP contribution < -0.4 is 15.8 Å². The van der Waals surface area contributed by atoms with Crippen LogP contribution in [0.5, 0.6) is 5.75 Å². The van der Waals surface area contributed by atoms with E-state index < -0.39 is 0 Å². The van der Waals surface area contributed by atoms with Gasteiger partial charge < -0.3 is 15.5 Å².